The standard InChI is InChI=1S/2C24H31N5O6S2/c2*1-15-11-25-23(26-12-15)16(2)17(3)37(32,33)14-21-27-28-24(18-9-10-36(30,31)13-18)29(21)22-19(34-4)7-6-8-20(22)35-5/h2*6-8,11-12,16-18H,9-10,13-14H2,1-5H3/t16-,17-,18+;16-,17-,18-/m00/s1. The molecule has 0 amide bonds. The fourth-order valence-corrected chi connectivity index (χ4v) is 15.5. The number of rotatable bonds is 18. The van der Waals surface area contributed by atoms with E-state index in [9.17, 15) is 33.7 Å². The summed E-state index contributed by atoms with van der Waals surface area (Å²) in [6.07, 6.45) is 7.36. The fraction of sp³-hybridized carbons (Fsp3) is 0.500. The normalized spacial score (nSPS) is 18.9. The van der Waals surface area contributed by atoms with Crippen molar-refractivity contribution < 1.29 is 52.6 Å². The minimum absolute atomic E-state index is 0.0340. The lowest BCUT2D eigenvalue weighted by atomic mass is 10.1. The summed E-state index contributed by atoms with van der Waals surface area (Å²) in [4.78, 5) is 17.2. The van der Waals surface area contributed by atoms with E-state index in [0.29, 0.717) is 70.5 Å². The maximum Gasteiger partial charge on any atom is 0.160 e. The first-order valence-electron chi connectivity index (χ1n) is 23.7. The molecule has 400 valence electrons. The Hall–Kier alpha value is -6.12. The smallest absolute Gasteiger partial charge is 0.160 e. The molecule has 0 unspecified atom stereocenters. The number of para-hydroxylation sites is 2. The maximum absolute atomic E-state index is 13.6. The van der Waals surface area contributed by atoms with Crippen LogP contribution in [-0.4, -0.2) is 145 Å². The molecule has 2 aliphatic heterocycles. The van der Waals surface area contributed by atoms with Gasteiger partial charge in [-0.25, -0.2) is 53.6 Å². The van der Waals surface area contributed by atoms with Crippen molar-refractivity contribution in [2.24, 2.45) is 0 Å². The highest BCUT2D eigenvalue weighted by molar-refractivity contribution is 7.92. The van der Waals surface area contributed by atoms with Gasteiger partial charge in [0, 0.05) is 48.5 Å². The molecule has 0 radical (unpaired) electrons. The molecule has 26 heteroatoms. The van der Waals surface area contributed by atoms with Crippen molar-refractivity contribution in [1.29, 1.82) is 0 Å². The zero-order valence-corrected chi connectivity index (χ0v) is 46.2. The van der Waals surface area contributed by atoms with Crippen molar-refractivity contribution in [2.45, 2.75) is 100 Å². The molecule has 0 spiro atoms. The summed E-state index contributed by atoms with van der Waals surface area (Å²) in [7, 11) is -8.06. The number of ether oxygens (including phenoxy) is 4. The van der Waals surface area contributed by atoms with Gasteiger partial charge in [0.15, 0.2) is 51.0 Å². The Balaban J connectivity index is 0.000000216. The van der Waals surface area contributed by atoms with Gasteiger partial charge in [0.25, 0.3) is 0 Å². The molecule has 2 fully saturated rings. The highest BCUT2D eigenvalue weighted by Gasteiger charge is 2.39. The van der Waals surface area contributed by atoms with Crippen LogP contribution in [0.3, 0.4) is 0 Å². The molecule has 0 saturated carbocycles. The van der Waals surface area contributed by atoms with Gasteiger partial charge in [-0.3, -0.25) is 9.13 Å². The van der Waals surface area contributed by atoms with Crippen LogP contribution in [0.2, 0.25) is 0 Å². The van der Waals surface area contributed by atoms with Crippen LogP contribution in [-0.2, 0) is 50.9 Å². The van der Waals surface area contributed by atoms with Crippen LogP contribution < -0.4 is 18.9 Å². The molecular formula is C48H62N10O12S4. The number of sulfone groups is 4. The van der Waals surface area contributed by atoms with Gasteiger partial charge in [-0.1, -0.05) is 26.0 Å². The summed E-state index contributed by atoms with van der Waals surface area (Å²) < 4.78 is 129. The molecule has 4 aromatic heterocycles. The van der Waals surface area contributed by atoms with Gasteiger partial charge in [0.1, 0.15) is 69.2 Å². The third-order valence-electron chi connectivity index (χ3n) is 13.6. The van der Waals surface area contributed by atoms with Crippen LogP contribution >= 0.6 is 0 Å². The SMILES string of the molecule is COc1cccc(OC)c1-n1c(CS(=O)(=O)[C@@H](C)[C@H](C)c2ncc(C)cn2)nnc1[C@@H]1CCS(=O)(=O)C1.COc1cccc(OC)c1-n1c(CS(=O)(=O)[C@@H](C)[C@H](C)c2ncc(C)cn2)nnc1[C@H]1CCS(=O)(=O)C1. The second-order valence-electron chi connectivity index (χ2n) is 18.7. The molecule has 6 atom stereocenters. The Morgan fingerprint density at radius 1 is 0.541 bits per heavy atom. The molecular weight excluding hydrogens is 1040 g/mol. The molecule has 2 aromatic carbocycles. The van der Waals surface area contributed by atoms with Crippen molar-refractivity contribution >= 4 is 39.3 Å². The predicted molar refractivity (Wildman–Crippen MR) is 275 cm³/mol. The molecule has 8 rings (SSSR count). The zero-order chi connectivity index (χ0) is 53.9. The molecule has 22 nitrogen and oxygen atoms in total. The first-order valence-corrected chi connectivity index (χ1v) is 30.7. The molecule has 2 aliphatic rings. The largest absolute Gasteiger partial charge is 0.494 e. The van der Waals surface area contributed by atoms with E-state index < -0.39 is 85.0 Å². The molecule has 74 heavy (non-hydrogen) atoms. The third-order valence-corrected chi connectivity index (χ3v) is 21.5. The van der Waals surface area contributed by atoms with E-state index in [1.165, 1.54) is 28.4 Å². The van der Waals surface area contributed by atoms with Crippen LogP contribution in [0.5, 0.6) is 23.0 Å². The summed E-state index contributed by atoms with van der Waals surface area (Å²) in [5, 5.41) is 15.4. The molecule has 6 heterocycles. The lowest BCUT2D eigenvalue weighted by molar-refractivity contribution is 0.389. The first kappa shape index (κ1) is 55.6. The van der Waals surface area contributed by atoms with Crippen LogP contribution in [0.4, 0.5) is 0 Å². The van der Waals surface area contributed by atoms with Gasteiger partial charge in [0.2, 0.25) is 0 Å². The maximum atomic E-state index is 13.6. The van der Waals surface area contributed by atoms with E-state index in [4.69, 9.17) is 18.9 Å². The molecule has 0 bridgehead atoms. The number of aryl methyl sites for hydroxylation is 2. The minimum Gasteiger partial charge on any atom is -0.494 e. The molecule has 2 saturated heterocycles. The monoisotopic (exact) mass is 1100 g/mol. The van der Waals surface area contributed by atoms with E-state index in [1.54, 1.807) is 98.0 Å². The van der Waals surface area contributed by atoms with Gasteiger partial charge < -0.3 is 18.9 Å². The van der Waals surface area contributed by atoms with Crippen LogP contribution in [0.25, 0.3) is 11.4 Å². The van der Waals surface area contributed by atoms with Gasteiger partial charge >= 0.3 is 0 Å². The summed E-state index contributed by atoms with van der Waals surface area (Å²) in [5.74, 6) is 0.720. The van der Waals surface area contributed by atoms with Crippen LogP contribution in [0.15, 0.2) is 61.2 Å². The van der Waals surface area contributed by atoms with Crippen molar-refractivity contribution in [1.82, 2.24) is 49.5 Å². The van der Waals surface area contributed by atoms with Crippen molar-refractivity contribution in [3.8, 4) is 34.4 Å². The van der Waals surface area contributed by atoms with E-state index in [1.807, 2.05) is 13.8 Å². The van der Waals surface area contributed by atoms with Crippen molar-refractivity contribution in [3.63, 3.8) is 0 Å². The minimum atomic E-state index is -3.78. The lowest BCUT2D eigenvalue weighted by Gasteiger charge is -2.21. The number of hydrogen-bond donors (Lipinski definition) is 0. The number of hydrogen-bond acceptors (Lipinski definition) is 20. The Morgan fingerprint density at radius 2 is 0.851 bits per heavy atom. The Bertz CT molecular complexity index is 3160. The molecule has 0 aliphatic carbocycles. The van der Waals surface area contributed by atoms with Crippen LogP contribution in [0, 0.1) is 13.8 Å². The van der Waals surface area contributed by atoms with E-state index >= 15 is 0 Å². The van der Waals surface area contributed by atoms with E-state index in [0.717, 1.165) is 11.1 Å². The Labute approximate surface area is 432 Å². The Morgan fingerprint density at radius 3 is 1.12 bits per heavy atom. The number of nitrogens with zero attached hydrogens (tertiary/aromatic N) is 10. The second-order valence-corrected chi connectivity index (χ2v) is 27.9. The average molecular weight is 1100 g/mol. The second kappa shape index (κ2) is 22.4. The first-order chi connectivity index (χ1) is 34.9. The van der Waals surface area contributed by atoms with Gasteiger partial charge in [0.05, 0.1) is 62.0 Å². The fourth-order valence-electron chi connectivity index (χ4n) is 8.91. The topological polar surface area (TPSA) is 286 Å². The summed E-state index contributed by atoms with van der Waals surface area (Å²) in [6, 6.07) is 10.3. The average Bonchev–Trinajstić information content (AvgIpc) is 4.17. The molecule has 6 aromatic rings. The molecule has 0 N–H and O–H groups in total. The lowest BCUT2D eigenvalue weighted by Crippen LogP contribution is -2.27. The van der Waals surface area contributed by atoms with Gasteiger partial charge in [-0.05, 0) is 75.9 Å². The van der Waals surface area contributed by atoms with Gasteiger partial charge in [-0.2, -0.15) is 0 Å². The zero-order valence-electron chi connectivity index (χ0n) is 42.9. The highest BCUT2D eigenvalue weighted by atomic mass is 32.2. The number of aromatic nitrogens is 10. The van der Waals surface area contributed by atoms with E-state index in [-0.39, 0.29) is 34.7 Å². The quantitative estimate of drug-likeness (QED) is 0.112. The van der Waals surface area contributed by atoms with Crippen LogP contribution in [0.1, 0.15) is 110 Å². The third kappa shape index (κ3) is 12.0. The highest BCUT2D eigenvalue weighted by Crippen LogP contribution is 2.40. The van der Waals surface area contributed by atoms with Crippen molar-refractivity contribution in [3.05, 3.63) is 107 Å². The summed E-state index contributed by atoms with van der Waals surface area (Å²) >= 11 is 0. The summed E-state index contributed by atoms with van der Waals surface area (Å²) in [6.45, 7) is 10.5. The van der Waals surface area contributed by atoms with Crippen molar-refractivity contribution in [2.75, 3.05) is 51.5 Å². The summed E-state index contributed by atoms with van der Waals surface area (Å²) in [5.41, 5.74) is 2.60. The Kier molecular flexibility index (Phi) is 16.8. The van der Waals surface area contributed by atoms with E-state index in [2.05, 4.69) is 40.3 Å². The number of methoxy groups -OCH3 is 4. The van der Waals surface area contributed by atoms with Gasteiger partial charge in [-0.15, -0.1) is 20.4 Å². The predicted octanol–water partition coefficient (Wildman–Crippen LogP) is 4.78. The number of benzene rings is 2.